The topological polar surface area (TPSA) is 65.1 Å². The van der Waals surface area contributed by atoms with Crippen molar-refractivity contribution in [2.24, 2.45) is 5.92 Å². The minimum Gasteiger partial charge on any atom is -0.491 e. The van der Waals surface area contributed by atoms with Crippen LogP contribution in [0.2, 0.25) is 0 Å². The molecule has 6 heteroatoms. The summed E-state index contributed by atoms with van der Waals surface area (Å²) in [6.07, 6.45) is 0.545. The van der Waals surface area contributed by atoms with Crippen LogP contribution >= 0.6 is 0 Å². The van der Waals surface area contributed by atoms with Crippen molar-refractivity contribution in [3.8, 4) is 5.75 Å². The van der Waals surface area contributed by atoms with Gasteiger partial charge < -0.3 is 19.1 Å². The first kappa shape index (κ1) is 19.7. The molecule has 1 aliphatic rings. The number of nitrogens with zero attached hydrogens (tertiary/aromatic N) is 1. The van der Waals surface area contributed by atoms with E-state index in [1.54, 1.807) is 29.2 Å². The lowest BCUT2D eigenvalue weighted by molar-refractivity contribution is 0.0600. The molecule has 2 aromatic carbocycles. The van der Waals surface area contributed by atoms with Crippen molar-refractivity contribution >= 4 is 12.1 Å². The minimum atomic E-state index is -0.386. The number of ether oxygens (including phenoxy) is 3. The van der Waals surface area contributed by atoms with Crippen LogP contribution in [0, 0.1) is 5.92 Å². The molecule has 1 saturated heterocycles. The zero-order valence-electron chi connectivity index (χ0n) is 16.2. The number of hydrogen-bond acceptors (Lipinski definition) is 5. The molecule has 28 heavy (non-hydrogen) atoms. The number of hydrogen-bond donors (Lipinski definition) is 0. The second kappa shape index (κ2) is 9.26. The van der Waals surface area contributed by atoms with Gasteiger partial charge in [-0.2, -0.15) is 0 Å². The van der Waals surface area contributed by atoms with Crippen molar-refractivity contribution in [1.29, 1.82) is 0 Å². The summed E-state index contributed by atoms with van der Waals surface area (Å²) in [7, 11) is 1.35. The second-order valence-electron chi connectivity index (χ2n) is 7.01. The van der Waals surface area contributed by atoms with Gasteiger partial charge in [-0.1, -0.05) is 37.3 Å². The van der Waals surface area contributed by atoms with Gasteiger partial charge in [0.05, 0.1) is 18.7 Å². The van der Waals surface area contributed by atoms with Gasteiger partial charge in [-0.3, -0.25) is 0 Å². The Morgan fingerprint density at radius 3 is 2.46 bits per heavy atom. The zero-order chi connectivity index (χ0) is 19.9. The fraction of sp³-hybridized carbons (Fsp3) is 0.364. The fourth-order valence-electron chi connectivity index (χ4n) is 3.33. The Kier molecular flexibility index (Phi) is 6.53. The molecule has 6 nitrogen and oxygen atoms in total. The van der Waals surface area contributed by atoms with E-state index in [-0.39, 0.29) is 24.7 Å². The van der Waals surface area contributed by atoms with Crippen molar-refractivity contribution in [3.05, 3.63) is 65.7 Å². The fourth-order valence-corrected chi connectivity index (χ4v) is 3.33. The summed E-state index contributed by atoms with van der Waals surface area (Å²) in [5.74, 6) is 0.646. The maximum absolute atomic E-state index is 12.5. The zero-order valence-corrected chi connectivity index (χ0v) is 16.2. The van der Waals surface area contributed by atoms with Crippen LogP contribution in [0.25, 0.3) is 0 Å². The van der Waals surface area contributed by atoms with Gasteiger partial charge in [0, 0.05) is 6.54 Å². The van der Waals surface area contributed by atoms with E-state index in [0.29, 0.717) is 30.4 Å². The molecule has 3 rings (SSSR count). The smallest absolute Gasteiger partial charge is 0.410 e. The largest absolute Gasteiger partial charge is 0.491 e. The van der Waals surface area contributed by atoms with Crippen LogP contribution in [-0.4, -0.2) is 43.3 Å². The molecule has 0 saturated carbocycles. The summed E-state index contributed by atoms with van der Waals surface area (Å²) in [4.78, 5) is 25.8. The first-order chi connectivity index (χ1) is 13.6. The van der Waals surface area contributed by atoms with Crippen molar-refractivity contribution in [1.82, 2.24) is 4.90 Å². The monoisotopic (exact) mass is 383 g/mol. The highest BCUT2D eigenvalue weighted by Gasteiger charge is 2.34. The molecule has 0 N–H and O–H groups in total. The molecule has 1 heterocycles. The van der Waals surface area contributed by atoms with Crippen LogP contribution in [0.4, 0.5) is 4.79 Å². The van der Waals surface area contributed by atoms with Gasteiger partial charge in [-0.25, -0.2) is 9.59 Å². The Hall–Kier alpha value is -3.02. The lowest BCUT2D eigenvalue weighted by Crippen LogP contribution is -2.39. The molecule has 1 fully saturated rings. The number of methoxy groups -OCH3 is 1. The van der Waals surface area contributed by atoms with E-state index >= 15 is 0 Å². The lowest BCUT2D eigenvalue weighted by atomic mass is 10.1. The Morgan fingerprint density at radius 2 is 1.79 bits per heavy atom. The highest BCUT2D eigenvalue weighted by Crippen LogP contribution is 2.25. The van der Waals surface area contributed by atoms with Gasteiger partial charge in [0.1, 0.15) is 19.0 Å². The van der Waals surface area contributed by atoms with Gasteiger partial charge in [-0.15, -0.1) is 0 Å². The summed E-state index contributed by atoms with van der Waals surface area (Å²) in [5.41, 5.74) is 1.43. The summed E-state index contributed by atoms with van der Waals surface area (Å²) < 4.78 is 16.0. The molecule has 0 bridgehead atoms. The highest BCUT2D eigenvalue weighted by atomic mass is 16.6. The number of rotatable bonds is 6. The maximum Gasteiger partial charge on any atom is 0.410 e. The van der Waals surface area contributed by atoms with Gasteiger partial charge in [-0.05, 0) is 42.2 Å². The average molecular weight is 383 g/mol. The maximum atomic E-state index is 12.5. The van der Waals surface area contributed by atoms with E-state index in [2.05, 4.69) is 11.7 Å². The normalized spacial score (nSPS) is 18.6. The predicted molar refractivity (Wildman–Crippen MR) is 104 cm³/mol. The SMILES string of the molecule is COC(=O)c1ccc(OC[C@@H]2C[C@H](C)CN2C(=O)OCc2ccccc2)cc1. The summed E-state index contributed by atoms with van der Waals surface area (Å²) in [6.45, 7) is 3.40. The van der Waals surface area contributed by atoms with Gasteiger partial charge in [0.15, 0.2) is 0 Å². The van der Waals surface area contributed by atoms with E-state index in [1.165, 1.54) is 7.11 Å². The van der Waals surface area contributed by atoms with Crippen LogP contribution in [0.1, 0.15) is 29.3 Å². The Morgan fingerprint density at radius 1 is 1.07 bits per heavy atom. The molecule has 0 aliphatic carbocycles. The summed E-state index contributed by atoms with van der Waals surface area (Å²) >= 11 is 0. The number of likely N-dealkylation sites (tertiary alicyclic amines) is 1. The molecule has 1 aliphatic heterocycles. The van der Waals surface area contributed by atoms with E-state index in [4.69, 9.17) is 9.47 Å². The molecule has 1 amide bonds. The first-order valence-corrected chi connectivity index (χ1v) is 9.35. The second-order valence-corrected chi connectivity index (χ2v) is 7.01. The van der Waals surface area contributed by atoms with Gasteiger partial charge in [0.25, 0.3) is 0 Å². The highest BCUT2D eigenvalue weighted by molar-refractivity contribution is 5.89. The predicted octanol–water partition coefficient (Wildman–Crippen LogP) is 3.90. The van der Waals surface area contributed by atoms with Crippen LogP contribution in [-0.2, 0) is 16.1 Å². The minimum absolute atomic E-state index is 0.0430. The third kappa shape index (κ3) is 5.03. The van der Waals surface area contributed by atoms with Crippen LogP contribution in [0.3, 0.4) is 0 Å². The van der Waals surface area contributed by atoms with Crippen molar-refractivity contribution < 1.29 is 23.8 Å². The van der Waals surface area contributed by atoms with Crippen molar-refractivity contribution in [2.45, 2.75) is 26.0 Å². The Labute approximate surface area is 165 Å². The number of benzene rings is 2. The summed E-state index contributed by atoms with van der Waals surface area (Å²) in [6, 6.07) is 16.3. The number of esters is 1. The molecule has 0 aromatic heterocycles. The molecular weight excluding hydrogens is 358 g/mol. The van der Waals surface area contributed by atoms with Crippen molar-refractivity contribution in [2.75, 3.05) is 20.3 Å². The first-order valence-electron chi connectivity index (χ1n) is 9.35. The van der Waals surface area contributed by atoms with E-state index < -0.39 is 0 Å². The number of amides is 1. The molecule has 2 aromatic rings. The third-order valence-electron chi connectivity index (χ3n) is 4.78. The summed E-state index contributed by atoms with van der Waals surface area (Å²) in [5, 5.41) is 0. The van der Waals surface area contributed by atoms with Crippen molar-refractivity contribution in [3.63, 3.8) is 0 Å². The quantitative estimate of drug-likeness (QED) is 0.708. The molecular formula is C22H25NO5. The van der Waals surface area contributed by atoms with E-state index in [0.717, 1.165) is 12.0 Å². The van der Waals surface area contributed by atoms with Crippen LogP contribution in [0.15, 0.2) is 54.6 Å². The lowest BCUT2D eigenvalue weighted by Gasteiger charge is -2.24. The van der Waals surface area contributed by atoms with E-state index in [1.807, 2.05) is 30.3 Å². The Bertz CT molecular complexity index is 790. The number of carbonyl (C=O) groups excluding carboxylic acids is 2. The molecule has 148 valence electrons. The van der Waals surface area contributed by atoms with Crippen LogP contribution in [0.5, 0.6) is 5.75 Å². The van der Waals surface area contributed by atoms with E-state index in [9.17, 15) is 9.59 Å². The number of carbonyl (C=O) groups is 2. The Balaban J connectivity index is 1.54. The molecule has 0 radical (unpaired) electrons. The van der Waals surface area contributed by atoms with Gasteiger partial charge in [0.2, 0.25) is 0 Å². The molecule has 0 spiro atoms. The standard InChI is InChI=1S/C22H25NO5/c1-16-12-19(15-27-20-10-8-18(9-11-20)21(24)26-2)23(13-16)22(25)28-14-17-6-4-3-5-7-17/h3-11,16,19H,12-15H2,1-2H3/t16-,19-/m0/s1. The van der Waals surface area contributed by atoms with Crippen LogP contribution < -0.4 is 4.74 Å². The molecule has 2 atom stereocenters. The average Bonchev–Trinajstić information content (AvgIpc) is 3.11. The van der Waals surface area contributed by atoms with Gasteiger partial charge >= 0.3 is 12.1 Å². The third-order valence-corrected chi connectivity index (χ3v) is 4.78. The molecule has 0 unspecified atom stereocenters.